The number of nitrogens with one attached hydrogen (secondary N) is 1. The van der Waals surface area contributed by atoms with Gasteiger partial charge in [0, 0.05) is 18.6 Å². The van der Waals surface area contributed by atoms with E-state index < -0.39 is 0 Å². The van der Waals surface area contributed by atoms with Gasteiger partial charge in [0.1, 0.15) is 0 Å². The van der Waals surface area contributed by atoms with Crippen molar-refractivity contribution in [1.29, 1.82) is 0 Å². The summed E-state index contributed by atoms with van der Waals surface area (Å²) in [6, 6.07) is 1.82. The van der Waals surface area contributed by atoms with Gasteiger partial charge < -0.3 is 11.1 Å². The Morgan fingerprint density at radius 1 is 1.64 bits per heavy atom. The Bertz CT molecular complexity index is 227. The van der Waals surface area contributed by atoms with Gasteiger partial charge in [0.2, 0.25) is 0 Å². The molecule has 60 valence electrons. The second-order valence-electron chi connectivity index (χ2n) is 2.08. The fourth-order valence-electron chi connectivity index (χ4n) is 0.750. The van der Waals surface area contributed by atoms with E-state index >= 15 is 0 Å². The van der Waals surface area contributed by atoms with E-state index in [1.807, 2.05) is 6.07 Å². The Labute approximate surface area is 70.6 Å². The minimum atomic E-state index is 0.571. The van der Waals surface area contributed by atoms with Crippen LogP contribution in [0.1, 0.15) is 0 Å². The molecule has 0 amide bonds. The second kappa shape index (κ2) is 4.03. The average Bonchev–Trinajstić information content (AvgIpc) is 2.03. The molecule has 0 saturated carbocycles. The maximum absolute atomic E-state index is 5.59. The molecule has 0 aliphatic rings. The predicted octanol–water partition coefficient (Wildman–Crippen LogP) is 1.31. The van der Waals surface area contributed by atoms with Crippen LogP contribution in [-0.2, 0) is 0 Å². The average molecular weight is 172 g/mol. The van der Waals surface area contributed by atoms with Gasteiger partial charge in [-0.3, -0.25) is 4.98 Å². The van der Waals surface area contributed by atoms with Crippen LogP contribution in [0.5, 0.6) is 0 Å². The van der Waals surface area contributed by atoms with Crippen molar-refractivity contribution in [1.82, 2.24) is 4.98 Å². The van der Waals surface area contributed by atoms with E-state index in [9.17, 15) is 0 Å². The molecule has 1 aromatic rings. The maximum atomic E-state index is 5.59. The third-order valence-electron chi connectivity index (χ3n) is 1.26. The van der Waals surface area contributed by atoms with Gasteiger partial charge in [0.15, 0.2) is 0 Å². The topological polar surface area (TPSA) is 50.9 Å². The fraction of sp³-hybridized carbons (Fsp3) is 0.286. The highest BCUT2D eigenvalue weighted by Gasteiger charge is 1.94. The Morgan fingerprint density at radius 3 is 3.09 bits per heavy atom. The minimum Gasteiger partial charge on any atom is -0.396 e. The first-order valence-electron chi connectivity index (χ1n) is 3.34. The van der Waals surface area contributed by atoms with Crippen LogP contribution in [0, 0.1) is 0 Å². The van der Waals surface area contributed by atoms with Crippen molar-refractivity contribution >= 4 is 23.0 Å². The molecule has 1 rings (SSSR count). The molecule has 0 radical (unpaired) electrons. The lowest BCUT2D eigenvalue weighted by atomic mass is 10.3. The van der Waals surface area contributed by atoms with Gasteiger partial charge >= 0.3 is 0 Å². The van der Waals surface area contributed by atoms with Gasteiger partial charge in [-0.15, -0.1) is 11.6 Å². The van der Waals surface area contributed by atoms with Crippen molar-refractivity contribution < 1.29 is 0 Å². The first kappa shape index (κ1) is 8.14. The summed E-state index contributed by atoms with van der Waals surface area (Å²) < 4.78 is 0. The normalized spacial score (nSPS) is 9.55. The Morgan fingerprint density at radius 2 is 2.45 bits per heavy atom. The molecule has 1 heterocycles. The lowest BCUT2D eigenvalue weighted by Gasteiger charge is -2.05. The van der Waals surface area contributed by atoms with Crippen LogP contribution in [0.2, 0.25) is 0 Å². The summed E-state index contributed by atoms with van der Waals surface area (Å²) in [5.41, 5.74) is 7.13. The number of nitrogens with two attached hydrogens (primary N) is 1. The Balaban J connectivity index is 2.62. The third kappa shape index (κ3) is 2.27. The second-order valence-corrected chi connectivity index (χ2v) is 2.46. The molecular formula is C7H10ClN3. The molecular weight excluding hydrogens is 162 g/mol. The fourth-order valence-corrected chi connectivity index (χ4v) is 0.844. The zero-order valence-electron chi connectivity index (χ0n) is 6.05. The van der Waals surface area contributed by atoms with Gasteiger partial charge in [-0.2, -0.15) is 0 Å². The number of anilines is 2. The van der Waals surface area contributed by atoms with E-state index in [4.69, 9.17) is 17.3 Å². The number of pyridine rings is 1. The summed E-state index contributed by atoms with van der Waals surface area (Å²) >= 11 is 5.48. The highest BCUT2D eigenvalue weighted by molar-refractivity contribution is 6.18. The van der Waals surface area contributed by atoms with Gasteiger partial charge in [0.05, 0.1) is 17.6 Å². The highest BCUT2D eigenvalue weighted by Crippen LogP contribution is 2.14. The van der Waals surface area contributed by atoms with Crippen molar-refractivity contribution in [2.45, 2.75) is 0 Å². The molecule has 0 aliphatic carbocycles. The molecule has 3 N–H and O–H groups in total. The summed E-state index contributed by atoms with van der Waals surface area (Å²) in [4.78, 5) is 3.86. The molecule has 0 saturated heterocycles. The predicted molar refractivity (Wildman–Crippen MR) is 47.9 cm³/mol. The van der Waals surface area contributed by atoms with E-state index in [2.05, 4.69) is 10.3 Å². The van der Waals surface area contributed by atoms with E-state index in [1.165, 1.54) is 0 Å². The number of aromatic nitrogens is 1. The third-order valence-corrected chi connectivity index (χ3v) is 1.45. The molecule has 0 aromatic carbocycles. The summed E-state index contributed by atoms with van der Waals surface area (Å²) in [6.45, 7) is 0.718. The van der Waals surface area contributed by atoms with Gasteiger partial charge in [-0.1, -0.05) is 0 Å². The first-order valence-corrected chi connectivity index (χ1v) is 3.87. The first-order chi connectivity index (χ1) is 5.34. The number of alkyl halides is 1. The van der Waals surface area contributed by atoms with E-state index in [1.54, 1.807) is 12.4 Å². The van der Waals surface area contributed by atoms with Gasteiger partial charge in [-0.05, 0) is 6.07 Å². The Kier molecular flexibility index (Phi) is 2.98. The monoisotopic (exact) mass is 171 g/mol. The molecule has 4 heteroatoms. The zero-order chi connectivity index (χ0) is 8.10. The van der Waals surface area contributed by atoms with Crippen molar-refractivity contribution in [2.75, 3.05) is 23.5 Å². The highest BCUT2D eigenvalue weighted by atomic mass is 35.5. The van der Waals surface area contributed by atoms with E-state index in [0.29, 0.717) is 11.6 Å². The van der Waals surface area contributed by atoms with Crippen molar-refractivity contribution in [3.05, 3.63) is 18.5 Å². The summed E-state index contributed by atoms with van der Waals surface area (Å²) in [6.07, 6.45) is 3.30. The lowest BCUT2D eigenvalue weighted by Crippen LogP contribution is -2.04. The van der Waals surface area contributed by atoms with E-state index in [-0.39, 0.29) is 0 Å². The molecule has 0 fully saturated rings. The standard InChI is InChI=1S/C7H10ClN3/c8-2-4-11-7-1-3-10-5-6(7)9/h1,3,5H,2,4,9H2,(H,10,11). The Hall–Kier alpha value is -0.960. The summed E-state index contributed by atoms with van der Waals surface area (Å²) in [5, 5.41) is 3.07. The number of nitrogen functional groups attached to an aromatic ring is 1. The largest absolute Gasteiger partial charge is 0.396 e. The molecule has 0 atom stereocenters. The van der Waals surface area contributed by atoms with Gasteiger partial charge in [-0.25, -0.2) is 0 Å². The summed E-state index contributed by atoms with van der Waals surface area (Å²) in [5.74, 6) is 0.571. The quantitative estimate of drug-likeness (QED) is 0.675. The van der Waals surface area contributed by atoms with Crippen molar-refractivity contribution in [3.8, 4) is 0 Å². The van der Waals surface area contributed by atoms with Crippen LogP contribution in [0.15, 0.2) is 18.5 Å². The number of halogens is 1. The van der Waals surface area contributed by atoms with Crippen LogP contribution in [0.25, 0.3) is 0 Å². The lowest BCUT2D eigenvalue weighted by molar-refractivity contribution is 1.21. The molecule has 1 aromatic heterocycles. The van der Waals surface area contributed by atoms with Crippen LogP contribution in [0.4, 0.5) is 11.4 Å². The SMILES string of the molecule is Nc1cnccc1NCCCl. The molecule has 3 nitrogen and oxygen atoms in total. The number of nitrogens with zero attached hydrogens (tertiary/aromatic N) is 1. The van der Waals surface area contributed by atoms with E-state index in [0.717, 1.165) is 12.2 Å². The molecule has 0 aliphatic heterocycles. The number of hydrogen-bond donors (Lipinski definition) is 2. The molecule has 0 unspecified atom stereocenters. The molecule has 11 heavy (non-hydrogen) atoms. The van der Waals surface area contributed by atoms with Crippen LogP contribution >= 0.6 is 11.6 Å². The van der Waals surface area contributed by atoms with Crippen molar-refractivity contribution in [2.24, 2.45) is 0 Å². The number of hydrogen-bond acceptors (Lipinski definition) is 3. The smallest absolute Gasteiger partial charge is 0.0736 e. The maximum Gasteiger partial charge on any atom is 0.0736 e. The van der Waals surface area contributed by atoms with Crippen LogP contribution < -0.4 is 11.1 Å². The summed E-state index contributed by atoms with van der Waals surface area (Å²) in [7, 11) is 0. The minimum absolute atomic E-state index is 0.571. The number of rotatable bonds is 3. The van der Waals surface area contributed by atoms with Crippen LogP contribution in [0.3, 0.4) is 0 Å². The van der Waals surface area contributed by atoms with Gasteiger partial charge in [0.25, 0.3) is 0 Å². The van der Waals surface area contributed by atoms with Crippen LogP contribution in [-0.4, -0.2) is 17.4 Å². The molecule has 0 spiro atoms. The molecule has 0 bridgehead atoms. The zero-order valence-corrected chi connectivity index (χ0v) is 6.80. The van der Waals surface area contributed by atoms with Crippen molar-refractivity contribution in [3.63, 3.8) is 0 Å².